The Kier molecular flexibility index (Phi) is 3.87. The van der Waals surface area contributed by atoms with E-state index in [4.69, 9.17) is 6.42 Å². The van der Waals surface area contributed by atoms with Gasteiger partial charge in [0.15, 0.2) is 0 Å². The molecule has 2 aliphatic rings. The summed E-state index contributed by atoms with van der Waals surface area (Å²) in [6.45, 7) is 0.483. The third kappa shape index (κ3) is 2.49. The number of carboxylic acids is 1. The van der Waals surface area contributed by atoms with Crippen LogP contribution in [0.15, 0.2) is 0 Å². The van der Waals surface area contributed by atoms with Gasteiger partial charge in [0.2, 0.25) is 5.91 Å². The first kappa shape index (κ1) is 12.9. The smallest absolute Gasteiger partial charge is 0.308 e. The van der Waals surface area contributed by atoms with Crippen LogP contribution in [0.4, 0.5) is 0 Å². The molecule has 98 valence electrons. The van der Waals surface area contributed by atoms with E-state index >= 15 is 0 Å². The molecule has 5 heteroatoms. The van der Waals surface area contributed by atoms with E-state index in [1.54, 1.807) is 0 Å². The molecule has 0 aromatic rings. The Morgan fingerprint density at radius 2 is 2.06 bits per heavy atom. The zero-order valence-electron chi connectivity index (χ0n) is 10.2. The van der Waals surface area contributed by atoms with Crippen LogP contribution in [0.3, 0.4) is 0 Å². The number of hydrogen-bond acceptors (Lipinski definition) is 3. The molecule has 3 N–H and O–H groups in total. The van der Waals surface area contributed by atoms with Gasteiger partial charge in [0.05, 0.1) is 19.0 Å². The lowest BCUT2D eigenvalue weighted by molar-refractivity contribution is -0.144. The van der Waals surface area contributed by atoms with Crippen molar-refractivity contribution in [1.29, 1.82) is 0 Å². The number of fused-ring (bicyclic) bond motifs is 2. The fourth-order valence-electron chi connectivity index (χ4n) is 3.34. The van der Waals surface area contributed by atoms with Crippen LogP contribution in [0, 0.1) is 30.1 Å². The number of carbonyl (C=O) groups excluding carboxylic acids is 1. The van der Waals surface area contributed by atoms with E-state index in [-0.39, 0.29) is 24.4 Å². The predicted octanol–water partition coefficient (Wildman–Crippen LogP) is -0.175. The van der Waals surface area contributed by atoms with Crippen molar-refractivity contribution in [3.05, 3.63) is 0 Å². The highest BCUT2D eigenvalue weighted by Gasteiger charge is 2.51. The molecule has 4 unspecified atom stereocenters. The van der Waals surface area contributed by atoms with Crippen molar-refractivity contribution in [1.82, 2.24) is 10.6 Å². The molecular formula is C13H18N2O3. The number of nitrogens with one attached hydrogen (secondary N) is 2. The molecule has 0 aromatic heterocycles. The quantitative estimate of drug-likeness (QED) is 0.467. The summed E-state index contributed by atoms with van der Waals surface area (Å²) in [7, 11) is 0. The van der Waals surface area contributed by atoms with Crippen molar-refractivity contribution in [3.63, 3.8) is 0 Å². The summed E-state index contributed by atoms with van der Waals surface area (Å²) in [5.41, 5.74) is 0. The van der Waals surface area contributed by atoms with Crippen LogP contribution >= 0.6 is 0 Å². The van der Waals surface area contributed by atoms with Crippen molar-refractivity contribution in [2.75, 3.05) is 13.1 Å². The minimum atomic E-state index is -0.788. The molecule has 0 heterocycles. The molecule has 4 atom stereocenters. The van der Waals surface area contributed by atoms with Crippen LogP contribution in [-0.2, 0) is 9.59 Å². The maximum absolute atomic E-state index is 11.7. The zero-order valence-corrected chi connectivity index (χ0v) is 10.2. The molecule has 1 amide bonds. The van der Waals surface area contributed by atoms with Crippen molar-refractivity contribution in [2.45, 2.75) is 25.3 Å². The molecule has 2 saturated carbocycles. The van der Waals surface area contributed by atoms with Crippen LogP contribution in [0.1, 0.15) is 19.3 Å². The van der Waals surface area contributed by atoms with E-state index in [0.717, 1.165) is 19.3 Å². The Labute approximate surface area is 106 Å². The van der Waals surface area contributed by atoms with Gasteiger partial charge in [-0.05, 0) is 31.1 Å². The maximum atomic E-state index is 11.7. The van der Waals surface area contributed by atoms with Gasteiger partial charge < -0.3 is 10.4 Å². The number of carbonyl (C=O) groups is 2. The van der Waals surface area contributed by atoms with Gasteiger partial charge in [0.1, 0.15) is 0 Å². The van der Waals surface area contributed by atoms with Crippen molar-refractivity contribution < 1.29 is 14.7 Å². The fraction of sp³-hybridized carbons (Fsp3) is 0.692. The van der Waals surface area contributed by atoms with Crippen LogP contribution in [-0.4, -0.2) is 36.1 Å². The van der Waals surface area contributed by atoms with E-state index in [0.29, 0.717) is 12.5 Å². The number of rotatable bonds is 5. The highest BCUT2D eigenvalue weighted by molar-refractivity contribution is 5.80. The second kappa shape index (κ2) is 5.40. The Morgan fingerprint density at radius 1 is 1.33 bits per heavy atom. The number of aliphatic carboxylic acids is 1. The van der Waals surface area contributed by atoms with Gasteiger partial charge in [0, 0.05) is 6.04 Å². The molecule has 0 spiro atoms. The third-order valence-corrected chi connectivity index (χ3v) is 4.04. The molecule has 5 nitrogen and oxygen atoms in total. The van der Waals surface area contributed by atoms with Gasteiger partial charge in [0.25, 0.3) is 0 Å². The van der Waals surface area contributed by atoms with Gasteiger partial charge in [-0.25, -0.2) is 0 Å². The minimum absolute atomic E-state index is 0.143. The van der Waals surface area contributed by atoms with Crippen LogP contribution in [0.25, 0.3) is 0 Å². The van der Waals surface area contributed by atoms with Gasteiger partial charge >= 0.3 is 5.97 Å². The topological polar surface area (TPSA) is 78.4 Å². The summed E-state index contributed by atoms with van der Waals surface area (Å²) in [5, 5.41) is 14.9. The monoisotopic (exact) mass is 250 g/mol. The molecule has 0 aromatic carbocycles. The number of hydrogen-bond donors (Lipinski definition) is 3. The summed E-state index contributed by atoms with van der Waals surface area (Å²) < 4.78 is 0. The third-order valence-electron chi connectivity index (χ3n) is 4.04. The standard InChI is InChI=1S/C13H18N2O3/c1-2-5-14-7-10(16)15-12-9-4-3-8(6-9)11(12)13(17)18/h1,8-9,11-12,14H,3-7H2,(H,15,16)(H,17,18). The van der Waals surface area contributed by atoms with Gasteiger partial charge in [-0.3, -0.25) is 14.9 Å². The van der Waals surface area contributed by atoms with Crippen LogP contribution < -0.4 is 10.6 Å². The minimum Gasteiger partial charge on any atom is -0.481 e. The molecular weight excluding hydrogens is 232 g/mol. The lowest BCUT2D eigenvalue weighted by atomic mass is 9.84. The predicted molar refractivity (Wildman–Crippen MR) is 65.6 cm³/mol. The molecule has 2 fully saturated rings. The van der Waals surface area contributed by atoms with Gasteiger partial charge in [-0.1, -0.05) is 5.92 Å². The Balaban J connectivity index is 1.90. The SMILES string of the molecule is C#CCNCC(=O)NC1C2CCC(C2)C1C(=O)O. The lowest BCUT2D eigenvalue weighted by Crippen LogP contribution is -2.49. The Morgan fingerprint density at radius 3 is 2.72 bits per heavy atom. The highest BCUT2D eigenvalue weighted by Crippen LogP contribution is 2.48. The fourth-order valence-corrected chi connectivity index (χ4v) is 3.34. The number of carboxylic acid groups (broad SMARTS) is 1. The Bertz CT molecular complexity index is 388. The first-order valence-electron chi connectivity index (χ1n) is 6.30. The summed E-state index contributed by atoms with van der Waals surface area (Å²) in [4.78, 5) is 22.9. The number of terminal acetylenes is 1. The first-order chi connectivity index (χ1) is 8.63. The molecule has 0 aliphatic heterocycles. The van der Waals surface area contributed by atoms with Gasteiger partial charge in [-0.2, -0.15) is 0 Å². The zero-order chi connectivity index (χ0) is 13.1. The average Bonchev–Trinajstić information content (AvgIpc) is 2.89. The average molecular weight is 250 g/mol. The largest absolute Gasteiger partial charge is 0.481 e. The van der Waals surface area contributed by atoms with E-state index in [2.05, 4.69) is 16.6 Å². The van der Waals surface area contributed by atoms with E-state index in [1.807, 2.05) is 0 Å². The van der Waals surface area contributed by atoms with E-state index < -0.39 is 11.9 Å². The van der Waals surface area contributed by atoms with Crippen molar-refractivity contribution >= 4 is 11.9 Å². The maximum Gasteiger partial charge on any atom is 0.308 e. The highest BCUT2D eigenvalue weighted by atomic mass is 16.4. The summed E-state index contributed by atoms with van der Waals surface area (Å²) in [6, 6.07) is -0.207. The second-order valence-corrected chi connectivity index (χ2v) is 5.10. The van der Waals surface area contributed by atoms with Crippen molar-refractivity contribution in [2.24, 2.45) is 17.8 Å². The van der Waals surface area contributed by atoms with Gasteiger partial charge in [-0.15, -0.1) is 6.42 Å². The first-order valence-corrected chi connectivity index (χ1v) is 6.30. The van der Waals surface area contributed by atoms with Crippen LogP contribution in [0.5, 0.6) is 0 Å². The molecule has 0 radical (unpaired) electrons. The van der Waals surface area contributed by atoms with Crippen LogP contribution in [0.2, 0.25) is 0 Å². The van der Waals surface area contributed by atoms with E-state index in [1.165, 1.54) is 0 Å². The molecule has 2 bridgehead atoms. The molecule has 2 rings (SSSR count). The van der Waals surface area contributed by atoms with E-state index in [9.17, 15) is 14.7 Å². The summed E-state index contributed by atoms with van der Waals surface area (Å²) in [6.07, 6.45) is 8.00. The lowest BCUT2D eigenvalue weighted by Gasteiger charge is -2.28. The Hall–Kier alpha value is -1.54. The molecule has 18 heavy (non-hydrogen) atoms. The summed E-state index contributed by atoms with van der Waals surface area (Å²) in [5.74, 6) is 1.57. The summed E-state index contributed by atoms with van der Waals surface area (Å²) >= 11 is 0. The normalized spacial score (nSPS) is 33.1. The molecule has 2 aliphatic carbocycles. The van der Waals surface area contributed by atoms with Crippen molar-refractivity contribution in [3.8, 4) is 12.3 Å². The second-order valence-electron chi connectivity index (χ2n) is 5.10. The number of amides is 1. The molecule has 0 saturated heterocycles.